The predicted molar refractivity (Wildman–Crippen MR) is 48.0 cm³/mol. The number of carboxylic acid groups (broad SMARTS) is 1. The highest BCUT2D eigenvalue weighted by molar-refractivity contribution is 5.32. The van der Waals surface area contributed by atoms with E-state index in [1.54, 1.807) is 0 Å². The summed E-state index contributed by atoms with van der Waals surface area (Å²) in [4.78, 5) is 8.36. The molecule has 0 aliphatic heterocycles. The van der Waals surface area contributed by atoms with E-state index in [0.717, 1.165) is 12.8 Å². The first-order valence-corrected chi connectivity index (χ1v) is 4.47. The molecule has 0 bridgehead atoms. The summed E-state index contributed by atoms with van der Waals surface area (Å²) in [5, 5.41) is 6.89. The van der Waals surface area contributed by atoms with Gasteiger partial charge in [0.25, 0.3) is 6.47 Å². The summed E-state index contributed by atoms with van der Waals surface area (Å²) >= 11 is 0. The SMILES string of the molecule is CCCCCCCCF.O=CO. The van der Waals surface area contributed by atoms with E-state index in [2.05, 4.69) is 6.92 Å². The third kappa shape index (κ3) is 22.7. The zero-order chi connectivity index (χ0) is 9.66. The molecule has 0 aromatic heterocycles. The first-order valence-electron chi connectivity index (χ1n) is 4.47. The summed E-state index contributed by atoms with van der Waals surface area (Å²) < 4.78 is 11.5. The van der Waals surface area contributed by atoms with Crippen molar-refractivity contribution in [3.8, 4) is 0 Å². The van der Waals surface area contributed by atoms with Crippen LogP contribution < -0.4 is 0 Å². The van der Waals surface area contributed by atoms with Crippen LogP contribution in [0, 0.1) is 0 Å². The summed E-state index contributed by atoms with van der Waals surface area (Å²) in [5.74, 6) is 0. The van der Waals surface area contributed by atoms with Crippen molar-refractivity contribution < 1.29 is 14.3 Å². The smallest absolute Gasteiger partial charge is 0.290 e. The van der Waals surface area contributed by atoms with Crippen LogP contribution in [0.4, 0.5) is 4.39 Å². The number of hydrogen-bond donors (Lipinski definition) is 1. The van der Waals surface area contributed by atoms with Crippen LogP contribution in [0.25, 0.3) is 0 Å². The normalized spacial score (nSPS) is 8.50. The fourth-order valence-corrected chi connectivity index (χ4v) is 0.875. The minimum absolute atomic E-state index is 0.133. The molecule has 0 aromatic rings. The van der Waals surface area contributed by atoms with E-state index >= 15 is 0 Å². The Kier molecular flexibility index (Phi) is 19.5. The van der Waals surface area contributed by atoms with Crippen molar-refractivity contribution in [1.82, 2.24) is 0 Å². The third-order valence-electron chi connectivity index (χ3n) is 1.49. The van der Waals surface area contributed by atoms with Crippen molar-refractivity contribution >= 4 is 6.47 Å². The highest BCUT2D eigenvalue weighted by Gasteiger charge is 1.87. The lowest BCUT2D eigenvalue weighted by Crippen LogP contribution is -1.78. The molecule has 2 nitrogen and oxygen atoms in total. The van der Waals surface area contributed by atoms with E-state index in [4.69, 9.17) is 9.90 Å². The van der Waals surface area contributed by atoms with E-state index in [9.17, 15) is 4.39 Å². The number of carbonyl (C=O) groups is 1. The Hall–Kier alpha value is -0.600. The van der Waals surface area contributed by atoms with Crippen LogP contribution in [0.2, 0.25) is 0 Å². The van der Waals surface area contributed by atoms with Gasteiger partial charge < -0.3 is 5.11 Å². The largest absolute Gasteiger partial charge is 0.483 e. The molecule has 1 N–H and O–H groups in total. The van der Waals surface area contributed by atoms with Gasteiger partial charge in [-0.25, -0.2) is 0 Å². The molecule has 0 radical (unpaired) electrons. The quantitative estimate of drug-likeness (QED) is 0.501. The van der Waals surface area contributed by atoms with Crippen LogP contribution >= 0.6 is 0 Å². The van der Waals surface area contributed by atoms with Gasteiger partial charge in [-0.3, -0.25) is 9.18 Å². The minimum atomic E-state index is -0.250. The zero-order valence-electron chi connectivity index (χ0n) is 7.76. The van der Waals surface area contributed by atoms with E-state index in [1.165, 1.54) is 25.7 Å². The highest BCUT2D eigenvalue weighted by atomic mass is 19.1. The Morgan fingerprint density at radius 3 is 2.00 bits per heavy atom. The van der Waals surface area contributed by atoms with Crippen LogP contribution in [0.1, 0.15) is 45.4 Å². The molecule has 74 valence electrons. The topological polar surface area (TPSA) is 37.3 Å². The van der Waals surface area contributed by atoms with Crippen LogP contribution in [-0.4, -0.2) is 18.3 Å². The molecule has 12 heavy (non-hydrogen) atoms. The lowest BCUT2D eigenvalue weighted by atomic mass is 10.1. The second-order valence-electron chi connectivity index (χ2n) is 2.56. The summed E-state index contributed by atoms with van der Waals surface area (Å²) in [5.41, 5.74) is 0. The standard InChI is InChI=1S/C8H17F.CH2O2/c1-2-3-4-5-6-7-8-9;2-1-3/h2-8H2,1H3;1H,(H,2,3). The molecule has 3 heteroatoms. The second-order valence-corrected chi connectivity index (χ2v) is 2.56. The van der Waals surface area contributed by atoms with Gasteiger partial charge in [-0.15, -0.1) is 0 Å². The molecule has 0 aromatic carbocycles. The average Bonchev–Trinajstić information content (AvgIpc) is 2.06. The Bertz CT molecular complexity index is 70.9. The van der Waals surface area contributed by atoms with Gasteiger partial charge in [0.1, 0.15) is 0 Å². The van der Waals surface area contributed by atoms with Crippen molar-refractivity contribution in [2.24, 2.45) is 0 Å². The first kappa shape index (κ1) is 14.0. The zero-order valence-corrected chi connectivity index (χ0v) is 7.76. The number of hydrogen-bond acceptors (Lipinski definition) is 1. The van der Waals surface area contributed by atoms with E-state index < -0.39 is 0 Å². The van der Waals surface area contributed by atoms with Gasteiger partial charge in [0, 0.05) is 0 Å². The molecule has 0 unspecified atom stereocenters. The second kappa shape index (κ2) is 16.8. The first-order chi connectivity index (χ1) is 5.83. The van der Waals surface area contributed by atoms with Gasteiger partial charge in [0.15, 0.2) is 0 Å². The van der Waals surface area contributed by atoms with Crippen LogP contribution in [0.5, 0.6) is 0 Å². The monoisotopic (exact) mass is 178 g/mol. The van der Waals surface area contributed by atoms with Crippen LogP contribution in [0.3, 0.4) is 0 Å². The molecule has 0 fully saturated rings. The van der Waals surface area contributed by atoms with Crippen molar-refractivity contribution in [3.05, 3.63) is 0 Å². The number of alkyl halides is 1. The molecule has 0 amide bonds. The molecular formula is C9H19FO2. The van der Waals surface area contributed by atoms with Gasteiger partial charge in [-0.05, 0) is 6.42 Å². The average molecular weight is 178 g/mol. The number of halogens is 1. The molecule has 0 atom stereocenters. The summed E-state index contributed by atoms with van der Waals surface area (Å²) in [6.45, 7) is 1.81. The van der Waals surface area contributed by atoms with Gasteiger partial charge in [0.2, 0.25) is 0 Å². The summed E-state index contributed by atoms with van der Waals surface area (Å²) in [6.07, 6.45) is 6.94. The van der Waals surface area contributed by atoms with Gasteiger partial charge in [-0.2, -0.15) is 0 Å². The van der Waals surface area contributed by atoms with Gasteiger partial charge in [0.05, 0.1) is 6.67 Å². The lowest BCUT2D eigenvalue weighted by molar-refractivity contribution is -0.122. The molecule has 0 aliphatic rings. The van der Waals surface area contributed by atoms with E-state index in [-0.39, 0.29) is 13.1 Å². The van der Waals surface area contributed by atoms with Crippen molar-refractivity contribution in [3.63, 3.8) is 0 Å². The fourth-order valence-electron chi connectivity index (χ4n) is 0.875. The molecule has 0 aliphatic carbocycles. The maximum atomic E-state index is 11.5. The summed E-state index contributed by atoms with van der Waals surface area (Å²) in [7, 11) is 0. The maximum Gasteiger partial charge on any atom is 0.290 e. The Labute approximate surface area is 73.8 Å². The minimum Gasteiger partial charge on any atom is -0.483 e. The molecular weight excluding hydrogens is 159 g/mol. The maximum absolute atomic E-state index is 11.5. The fraction of sp³-hybridized carbons (Fsp3) is 0.889. The number of rotatable bonds is 6. The van der Waals surface area contributed by atoms with Crippen LogP contribution in [0.15, 0.2) is 0 Å². The van der Waals surface area contributed by atoms with Crippen molar-refractivity contribution in [2.45, 2.75) is 45.4 Å². The van der Waals surface area contributed by atoms with Crippen molar-refractivity contribution in [1.29, 1.82) is 0 Å². The van der Waals surface area contributed by atoms with E-state index in [0.29, 0.717) is 0 Å². The molecule has 0 saturated carbocycles. The van der Waals surface area contributed by atoms with Gasteiger partial charge >= 0.3 is 0 Å². The Balaban J connectivity index is 0. The summed E-state index contributed by atoms with van der Waals surface area (Å²) in [6, 6.07) is 0. The molecule has 0 rings (SSSR count). The molecule has 0 saturated heterocycles. The molecule has 0 spiro atoms. The Morgan fingerprint density at radius 2 is 1.58 bits per heavy atom. The van der Waals surface area contributed by atoms with Crippen molar-refractivity contribution in [2.75, 3.05) is 6.67 Å². The predicted octanol–water partition coefficient (Wildman–Crippen LogP) is 3.02. The number of unbranched alkanes of at least 4 members (excludes halogenated alkanes) is 5. The highest BCUT2D eigenvalue weighted by Crippen LogP contribution is 2.04. The third-order valence-corrected chi connectivity index (χ3v) is 1.49. The van der Waals surface area contributed by atoms with Gasteiger partial charge in [-0.1, -0.05) is 39.0 Å². The Morgan fingerprint density at radius 1 is 1.17 bits per heavy atom. The van der Waals surface area contributed by atoms with E-state index in [1.807, 2.05) is 0 Å². The molecule has 0 heterocycles. The van der Waals surface area contributed by atoms with Crippen LogP contribution in [-0.2, 0) is 4.79 Å². The lowest BCUT2D eigenvalue weighted by Gasteiger charge is -1.95.